The minimum absolute atomic E-state index is 0.283. The summed E-state index contributed by atoms with van der Waals surface area (Å²) in [5.41, 5.74) is 0.852. The molecule has 0 radical (unpaired) electrons. The molecule has 1 aromatic carbocycles. The Bertz CT molecular complexity index is 494. The van der Waals surface area contributed by atoms with Gasteiger partial charge in [0.15, 0.2) is 11.6 Å². The Balaban J connectivity index is 1.71. The topological polar surface area (TPSA) is 21.3 Å². The molecule has 4 unspecified atom stereocenters. The third kappa shape index (κ3) is 3.27. The minimum Gasteiger partial charge on any atom is -0.375 e. The molecule has 3 rings (SSSR count). The first-order valence-electron chi connectivity index (χ1n) is 8.00. The van der Waals surface area contributed by atoms with E-state index in [1.54, 1.807) is 6.07 Å². The monoisotopic (exact) mass is 295 g/mol. The van der Waals surface area contributed by atoms with Crippen molar-refractivity contribution in [1.29, 1.82) is 0 Å². The number of halogens is 2. The Labute approximate surface area is 124 Å². The number of hydrogen-bond donors (Lipinski definition) is 1. The number of rotatable bonds is 6. The Morgan fingerprint density at radius 2 is 2.14 bits per heavy atom. The molecule has 0 aliphatic carbocycles. The predicted molar refractivity (Wildman–Crippen MR) is 78.1 cm³/mol. The van der Waals surface area contributed by atoms with Crippen LogP contribution in [0.1, 0.15) is 38.2 Å². The van der Waals surface area contributed by atoms with E-state index in [0.717, 1.165) is 37.8 Å². The number of fused-ring (bicyclic) bond motifs is 2. The van der Waals surface area contributed by atoms with Gasteiger partial charge < -0.3 is 10.1 Å². The molecule has 0 amide bonds. The van der Waals surface area contributed by atoms with Crippen LogP contribution in [0.25, 0.3) is 0 Å². The fourth-order valence-electron chi connectivity index (χ4n) is 3.73. The summed E-state index contributed by atoms with van der Waals surface area (Å²) < 4.78 is 32.4. The molecule has 0 saturated carbocycles. The van der Waals surface area contributed by atoms with Gasteiger partial charge in [0.2, 0.25) is 0 Å². The molecule has 0 aromatic heterocycles. The van der Waals surface area contributed by atoms with Gasteiger partial charge in [-0.3, -0.25) is 0 Å². The smallest absolute Gasteiger partial charge is 0.159 e. The highest BCUT2D eigenvalue weighted by molar-refractivity contribution is 5.19. The van der Waals surface area contributed by atoms with Gasteiger partial charge in [0, 0.05) is 12.0 Å². The molecule has 116 valence electrons. The standard InChI is InChI=1S/C17H23F2NO/c1-2-7-20-16(13-10-12-4-6-17(13)21-12)9-11-3-5-14(18)15(19)8-11/h3,5,8,12-13,16-17,20H,2,4,6-7,9-10H2,1H3. The molecule has 2 bridgehead atoms. The zero-order valence-electron chi connectivity index (χ0n) is 12.4. The quantitative estimate of drug-likeness (QED) is 0.868. The van der Waals surface area contributed by atoms with Gasteiger partial charge >= 0.3 is 0 Å². The van der Waals surface area contributed by atoms with Crippen LogP contribution in [0.3, 0.4) is 0 Å². The summed E-state index contributed by atoms with van der Waals surface area (Å²) in [4.78, 5) is 0. The molecule has 4 heteroatoms. The maximum Gasteiger partial charge on any atom is 0.159 e. The lowest BCUT2D eigenvalue weighted by atomic mass is 9.81. The van der Waals surface area contributed by atoms with E-state index in [9.17, 15) is 8.78 Å². The van der Waals surface area contributed by atoms with Crippen molar-refractivity contribution in [3.05, 3.63) is 35.4 Å². The average molecular weight is 295 g/mol. The van der Waals surface area contributed by atoms with Crippen LogP contribution in [-0.2, 0) is 11.2 Å². The fourth-order valence-corrected chi connectivity index (χ4v) is 3.73. The molecule has 2 heterocycles. The molecule has 2 aliphatic rings. The van der Waals surface area contributed by atoms with Crippen LogP contribution in [0, 0.1) is 17.6 Å². The second-order valence-corrected chi connectivity index (χ2v) is 6.29. The lowest BCUT2D eigenvalue weighted by Gasteiger charge is -2.29. The Morgan fingerprint density at radius 3 is 2.76 bits per heavy atom. The maximum absolute atomic E-state index is 13.4. The highest BCUT2D eigenvalue weighted by Crippen LogP contribution is 2.41. The molecule has 2 nitrogen and oxygen atoms in total. The number of hydrogen-bond acceptors (Lipinski definition) is 2. The molecule has 4 atom stereocenters. The maximum atomic E-state index is 13.4. The first kappa shape index (κ1) is 14.9. The Morgan fingerprint density at radius 1 is 1.29 bits per heavy atom. The average Bonchev–Trinajstić information content (AvgIpc) is 3.10. The van der Waals surface area contributed by atoms with Gasteiger partial charge in [-0.1, -0.05) is 13.0 Å². The highest BCUT2D eigenvalue weighted by atomic mass is 19.2. The number of nitrogens with one attached hydrogen (secondary N) is 1. The molecule has 21 heavy (non-hydrogen) atoms. The summed E-state index contributed by atoms with van der Waals surface area (Å²) >= 11 is 0. The zero-order chi connectivity index (χ0) is 14.8. The predicted octanol–water partition coefficient (Wildman–Crippen LogP) is 3.44. The molecule has 2 fully saturated rings. The van der Waals surface area contributed by atoms with Gasteiger partial charge in [0.25, 0.3) is 0 Å². The fraction of sp³-hybridized carbons (Fsp3) is 0.647. The second kappa shape index (κ2) is 6.41. The lowest BCUT2D eigenvalue weighted by Crippen LogP contribution is -2.42. The van der Waals surface area contributed by atoms with Crippen LogP contribution < -0.4 is 5.32 Å². The van der Waals surface area contributed by atoms with Crippen LogP contribution in [-0.4, -0.2) is 24.8 Å². The van der Waals surface area contributed by atoms with Crippen molar-refractivity contribution in [3.63, 3.8) is 0 Å². The second-order valence-electron chi connectivity index (χ2n) is 6.29. The van der Waals surface area contributed by atoms with Crippen LogP contribution in [0.5, 0.6) is 0 Å². The van der Waals surface area contributed by atoms with E-state index in [4.69, 9.17) is 4.74 Å². The normalized spacial score (nSPS) is 29.0. The van der Waals surface area contributed by atoms with E-state index < -0.39 is 11.6 Å². The summed E-state index contributed by atoms with van der Waals surface area (Å²) in [6, 6.07) is 4.51. The van der Waals surface area contributed by atoms with Gasteiger partial charge in [-0.2, -0.15) is 0 Å². The molecule has 1 N–H and O–H groups in total. The summed E-state index contributed by atoms with van der Waals surface area (Å²) in [6.45, 7) is 3.08. The first-order chi connectivity index (χ1) is 10.2. The molecule has 1 aromatic rings. The van der Waals surface area contributed by atoms with Gasteiger partial charge in [-0.25, -0.2) is 8.78 Å². The Kier molecular flexibility index (Phi) is 4.55. The third-order valence-corrected chi connectivity index (χ3v) is 4.77. The van der Waals surface area contributed by atoms with E-state index in [1.807, 2.05) is 0 Å². The molecule has 2 saturated heterocycles. The summed E-state index contributed by atoms with van der Waals surface area (Å²) in [6.07, 6.45) is 5.95. The third-order valence-electron chi connectivity index (χ3n) is 4.77. The van der Waals surface area contributed by atoms with Crippen molar-refractivity contribution < 1.29 is 13.5 Å². The van der Waals surface area contributed by atoms with Gasteiger partial charge in [0.1, 0.15) is 0 Å². The van der Waals surface area contributed by atoms with Crippen molar-refractivity contribution in [2.75, 3.05) is 6.54 Å². The van der Waals surface area contributed by atoms with E-state index in [0.29, 0.717) is 18.1 Å². The van der Waals surface area contributed by atoms with Crippen LogP contribution >= 0.6 is 0 Å². The van der Waals surface area contributed by atoms with Crippen molar-refractivity contribution in [1.82, 2.24) is 5.32 Å². The minimum atomic E-state index is -0.778. The van der Waals surface area contributed by atoms with E-state index >= 15 is 0 Å². The van der Waals surface area contributed by atoms with Crippen LogP contribution in [0.15, 0.2) is 18.2 Å². The summed E-state index contributed by atoms with van der Waals surface area (Å²) in [7, 11) is 0. The largest absolute Gasteiger partial charge is 0.375 e. The van der Waals surface area contributed by atoms with Crippen molar-refractivity contribution >= 4 is 0 Å². The van der Waals surface area contributed by atoms with Gasteiger partial charge in [-0.15, -0.1) is 0 Å². The molecule has 2 aliphatic heterocycles. The van der Waals surface area contributed by atoms with Gasteiger partial charge in [0.05, 0.1) is 12.2 Å². The number of benzene rings is 1. The first-order valence-corrected chi connectivity index (χ1v) is 8.00. The van der Waals surface area contributed by atoms with Crippen molar-refractivity contribution in [2.45, 2.75) is 57.3 Å². The van der Waals surface area contributed by atoms with E-state index in [2.05, 4.69) is 12.2 Å². The van der Waals surface area contributed by atoms with E-state index in [1.165, 1.54) is 18.6 Å². The Hall–Kier alpha value is -1.00. The summed E-state index contributed by atoms with van der Waals surface area (Å²) in [5.74, 6) is -1.05. The van der Waals surface area contributed by atoms with Crippen molar-refractivity contribution in [3.8, 4) is 0 Å². The van der Waals surface area contributed by atoms with Crippen LogP contribution in [0.2, 0.25) is 0 Å². The zero-order valence-corrected chi connectivity index (χ0v) is 12.4. The van der Waals surface area contributed by atoms with Crippen molar-refractivity contribution in [2.24, 2.45) is 5.92 Å². The molecule has 0 spiro atoms. The number of ether oxygens (including phenoxy) is 1. The van der Waals surface area contributed by atoms with Crippen LogP contribution in [0.4, 0.5) is 8.78 Å². The molecular weight excluding hydrogens is 272 g/mol. The summed E-state index contributed by atoms with van der Waals surface area (Å²) in [5, 5.41) is 3.58. The van der Waals surface area contributed by atoms with E-state index in [-0.39, 0.29) is 6.04 Å². The lowest BCUT2D eigenvalue weighted by molar-refractivity contribution is 0.0857. The highest BCUT2D eigenvalue weighted by Gasteiger charge is 2.44. The SMILES string of the molecule is CCCNC(Cc1ccc(F)c(F)c1)C1CC2CCC1O2. The molecular formula is C17H23F2NO. The van der Waals surface area contributed by atoms with Gasteiger partial charge in [-0.05, 0) is 56.3 Å².